The van der Waals surface area contributed by atoms with Crippen molar-refractivity contribution in [3.8, 4) is 0 Å². The van der Waals surface area contributed by atoms with Gasteiger partial charge in [0.05, 0.1) is 0 Å². The molecule has 0 unspecified atom stereocenters. The van der Waals surface area contributed by atoms with Crippen LogP contribution < -0.4 is 5.73 Å². The van der Waals surface area contributed by atoms with Gasteiger partial charge in [-0.2, -0.15) is 0 Å². The van der Waals surface area contributed by atoms with Gasteiger partial charge in [0, 0.05) is 0 Å². The molecule has 2 N–H and O–H groups in total. The zero-order valence-corrected chi connectivity index (χ0v) is 7.94. The van der Waals surface area contributed by atoms with Gasteiger partial charge in [0.1, 0.15) is 0 Å². The van der Waals surface area contributed by atoms with Crippen LogP contribution in [0.3, 0.4) is 0 Å². The topological polar surface area (TPSA) is 26.0 Å². The Labute approximate surface area is 72.6 Å². The second-order valence-corrected chi connectivity index (χ2v) is 0.408. The number of nitrogens with two attached hydrogens (primary N) is 1. The summed E-state index contributed by atoms with van der Waals surface area (Å²) in [6.07, 6.45) is 0. The maximum atomic E-state index is 4.85. The van der Waals surface area contributed by atoms with Crippen LogP contribution in [-0.2, 0) is 0 Å². The minimum absolute atomic E-state index is 0.750. The van der Waals surface area contributed by atoms with E-state index in [9.17, 15) is 0 Å². The zero-order valence-electron chi connectivity index (χ0n) is 7.94. The fourth-order valence-electron chi connectivity index (χ4n) is 0. The third kappa shape index (κ3) is 366. The predicted octanol–water partition coefficient (Wildman–Crippen LogP) is 3.17. The van der Waals surface area contributed by atoms with Crippen molar-refractivity contribution in [1.29, 1.82) is 0 Å². The summed E-state index contributed by atoms with van der Waals surface area (Å²) in [7, 11) is 0. The van der Waals surface area contributed by atoms with Crippen LogP contribution in [0.5, 0.6) is 0 Å². The van der Waals surface area contributed by atoms with Crippen molar-refractivity contribution < 1.29 is 0 Å². The van der Waals surface area contributed by atoms with Gasteiger partial charge in [-0.1, -0.05) is 6.92 Å². The number of hydrogen-bond donors (Lipinski definition) is 1. The van der Waals surface area contributed by atoms with Crippen molar-refractivity contribution in [3.63, 3.8) is 0 Å². The Bertz CT molecular complexity index is 20.1. The summed E-state index contributed by atoms with van der Waals surface area (Å²) in [6, 6.07) is 0. The molecule has 0 spiro atoms. The molecule has 0 atom stereocenters. The molecule has 1 heteroatoms. The fraction of sp³-hybridized carbons (Fsp3) is 0.200. The molecule has 0 aromatic carbocycles. The lowest BCUT2D eigenvalue weighted by Gasteiger charge is -1.53. The Morgan fingerprint density at radius 1 is 0.727 bits per heavy atom. The molecule has 0 amide bonds. The van der Waals surface area contributed by atoms with Crippen LogP contribution in [-0.4, -0.2) is 6.54 Å². The van der Waals surface area contributed by atoms with Crippen LogP contribution in [0.2, 0.25) is 0 Å². The monoisotopic (exact) mass is 157 g/mol. The maximum Gasteiger partial charge on any atom is -0.0106 e. The molecule has 0 bridgehead atoms. The van der Waals surface area contributed by atoms with E-state index in [1.165, 1.54) is 0 Å². The summed E-state index contributed by atoms with van der Waals surface area (Å²) in [5.74, 6) is 0. The summed E-state index contributed by atoms with van der Waals surface area (Å²) in [6.45, 7) is 26.7. The quantitative estimate of drug-likeness (QED) is 0.537. The van der Waals surface area contributed by atoms with Crippen LogP contribution in [0.15, 0.2) is 52.6 Å². The molecule has 1 nitrogen and oxygen atoms in total. The molecule has 0 fully saturated rings. The SMILES string of the molecule is C=C.C=C.C=C.C=C.CCN. The number of hydrogen-bond acceptors (Lipinski definition) is 1. The van der Waals surface area contributed by atoms with Gasteiger partial charge in [0.25, 0.3) is 0 Å². The largest absolute Gasteiger partial charge is 0.331 e. The molecule has 0 saturated carbocycles. The molecule has 0 aromatic heterocycles. The highest BCUT2D eigenvalue weighted by atomic mass is 14.5. The fourth-order valence-corrected chi connectivity index (χ4v) is 0. The molecule has 0 aliphatic carbocycles. The lowest BCUT2D eigenvalue weighted by molar-refractivity contribution is 1.14. The van der Waals surface area contributed by atoms with E-state index in [2.05, 4.69) is 52.6 Å². The average Bonchev–Trinajstić information content (AvgIpc) is 2.18. The van der Waals surface area contributed by atoms with Gasteiger partial charge >= 0.3 is 0 Å². The lowest BCUT2D eigenvalue weighted by atomic mass is 10.8. The summed E-state index contributed by atoms with van der Waals surface area (Å²) >= 11 is 0. The summed E-state index contributed by atoms with van der Waals surface area (Å²) in [5.41, 5.74) is 4.85. The van der Waals surface area contributed by atoms with Crippen molar-refractivity contribution in [2.45, 2.75) is 6.92 Å². The van der Waals surface area contributed by atoms with Gasteiger partial charge in [-0.25, -0.2) is 0 Å². The van der Waals surface area contributed by atoms with Crippen molar-refractivity contribution in [2.75, 3.05) is 6.54 Å². The first-order valence-electron chi connectivity index (χ1n) is 3.12. The highest BCUT2D eigenvalue weighted by Gasteiger charge is 1.32. The highest BCUT2D eigenvalue weighted by Crippen LogP contribution is 1.20. The minimum atomic E-state index is 0.750. The molecule has 0 aliphatic rings. The lowest BCUT2D eigenvalue weighted by Crippen LogP contribution is -1.87. The summed E-state index contributed by atoms with van der Waals surface area (Å²) < 4.78 is 0. The molecule has 11 heavy (non-hydrogen) atoms. The molecule has 0 radical (unpaired) electrons. The van der Waals surface area contributed by atoms with Crippen molar-refractivity contribution >= 4 is 0 Å². The minimum Gasteiger partial charge on any atom is -0.331 e. The predicted molar refractivity (Wildman–Crippen MR) is 59.7 cm³/mol. The smallest absolute Gasteiger partial charge is 0.0106 e. The first-order valence-corrected chi connectivity index (χ1v) is 3.12. The van der Waals surface area contributed by atoms with Crippen LogP contribution in [0.25, 0.3) is 0 Å². The Morgan fingerprint density at radius 3 is 0.727 bits per heavy atom. The van der Waals surface area contributed by atoms with Crippen molar-refractivity contribution in [2.24, 2.45) is 5.73 Å². The van der Waals surface area contributed by atoms with Gasteiger partial charge < -0.3 is 5.73 Å². The van der Waals surface area contributed by atoms with Crippen molar-refractivity contribution in [1.82, 2.24) is 0 Å². The average molecular weight is 157 g/mol. The first kappa shape index (κ1) is 32.6. The van der Waals surface area contributed by atoms with Crippen molar-refractivity contribution in [3.05, 3.63) is 52.6 Å². The highest BCUT2D eigenvalue weighted by molar-refractivity contribution is 4.23. The Morgan fingerprint density at radius 2 is 0.727 bits per heavy atom. The normalized spacial score (nSPS) is 3.09. The van der Waals surface area contributed by atoms with Crippen LogP contribution in [0, 0.1) is 0 Å². The van der Waals surface area contributed by atoms with Gasteiger partial charge in [-0.3, -0.25) is 0 Å². The Hall–Kier alpha value is -1.08. The Balaban J connectivity index is -0.0000000139. The van der Waals surface area contributed by atoms with Gasteiger partial charge in [0.2, 0.25) is 0 Å². The molecular weight excluding hydrogens is 134 g/mol. The first-order chi connectivity index (χ1) is 5.41. The summed E-state index contributed by atoms with van der Waals surface area (Å²) in [4.78, 5) is 0. The molecule has 0 aliphatic heterocycles. The van der Waals surface area contributed by atoms with Crippen LogP contribution in [0.1, 0.15) is 6.92 Å². The van der Waals surface area contributed by atoms with E-state index < -0.39 is 0 Å². The van der Waals surface area contributed by atoms with Gasteiger partial charge in [-0.15, -0.1) is 52.6 Å². The van der Waals surface area contributed by atoms with E-state index in [1.54, 1.807) is 0 Å². The van der Waals surface area contributed by atoms with Crippen LogP contribution in [0.4, 0.5) is 0 Å². The molecule has 0 aromatic rings. The zero-order chi connectivity index (χ0) is 10.7. The van der Waals surface area contributed by atoms with E-state index >= 15 is 0 Å². The molecular formula is C10H23N. The molecule has 0 saturated heterocycles. The third-order valence-electron chi connectivity index (χ3n) is 0. The van der Waals surface area contributed by atoms with E-state index in [-0.39, 0.29) is 0 Å². The maximum absolute atomic E-state index is 4.85. The van der Waals surface area contributed by atoms with Crippen LogP contribution >= 0.6 is 0 Å². The van der Waals surface area contributed by atoms with E-state index in [0.717, 1.165) is 6.54 Å². The van der Waals surface area contributed by atoms with E-state index in [0.29, 0.717) is 0 Å². The number of rotatable bonds is 0. The molecule has 0 rings (SSSR count). The summed E-state index contributed by atoms with van der Waals surface area (Å²) in [5, 5.41) is 0. The molecule has 68 valence electrons. The second-order valence-electron chi connectivity index (χ2n) is 0.408. The van der Waals surface area contributed by atoms with Gasteiger partial charge in [-0.05, 0) is 6.54 Å². The Kier molecular flexibility index (Phi) is 259000. The second kappa shape index (κ2) is 87400. The van der Waals surface area contributed by atoms with Gasteiger partial charge in [0.15, 0.2) is 0 Å². The van der Waals surface area contributed by atoms with E-state index in [1.807, 2.05) is 6.92 Å². The third-order valence-corrected chi connectivity index (χ3v) is 0. The standard InChI is InChI=1S/C2H7N.4C2H4/c1-2-3;4*1-2/h2-3H2,1H3;4*1-2H2. The molecule has 0 heterocycles. The van der Waals surface area contributed by atoms with E-state index in [4.69, 9.17) is 5.73 Å².